The fourth-order valence-corrected chi connectivity index (χ4v) is 1.64. The smallest absolute Gasteiger partial charge is 0.311 e. The molecule has 0 atom stereocenters. The molecule has 0 spiro atoms. The quantitative estimate of drug-likeness (QED) is 0.475. The molecule has 0 saturated heterocycles. The van der Waals surface area contributed by atoms with Gasteiger partial charge in [-0.15, -0.1) is 0 Å². The van der Waals surface area contributed by atoms with Crippen molar-refractivity contribution in [2.75, 3.05) is 0 Å². The van der Waals surface area contributed by atoms with Crippen LogP contribution >= 0.6 is 15.9 Å². The van der Waals surface area contributed by atoms with Crippen molar-refractivity contribution in [1.82, 2.24) is 0 Å². The molecule has 0 saturated carbocycles. The van der Waals surface area contributed by atoms with E-state index in [1.165, 1.54) is 5.56 Å². The van der Waals surface area contributed by atoms with Crippen molar-refractivity contribution in [3.05, 3.63) is 29.3 Å². The van der Waals surface area contributed by atoms with Gasteiger partial charge in [-0.1, -0.05) is 35.0 Å². The molecule has 1 aromatic carbocycles. The van der Waals surface area contributed by atoms with Gasteiger partial charge in [-0.25, -0.2) is 0 Å². The molecule has 2 nitrogen and oxygen atoms in total. The molecular weight excluding hydrogens is 256 g/mol. The Morgan fingerprint density at radius 1 is 1.47 bits per heavy atom. The van der Waals surface area contributed by atoms with Gasteiger partial charge in [0.25, 0.3) is 0 Å². The summed E-state index contributed by atoms with van der Waals surface area (Å²) in [6, 6.07) is 5.82. The van der Waals surface area contributed by atoms with Gasteiger partial charge in [0, 0.05) is 11.8 Å². The summed E-state index contributed by atoms with van der Waals surface area (Å²) >= 11 is 3.38. The van der Waals surface area contributed by atoms with E-state index < -0.39 is 0 Å². The fraction of sp³-hybridized carbons (Fsp3) is 0.417. The van der Waals surface area contributed by atoms with Gasteiger partial charge in [-0.3, -0.25) is 4.79 Å². The summed E-state index contributed by atoms with van der Waals surface area (Å²) in [4.78, 5) is 11.3. The number of halogens is 1. The van der Waals surface area contributed by atoms with Crippen molar-refractivity contribution >= 4 is 21.9 Å². The predicted octanol–water partition coefficient (Wildman–Crippen LogP) is 3.60. The molecule has 1 aromatic rings. The maximum Gasteiger partial charge on any atom is 0.311 e. The molecule has 0 unspecified atom stereocenters. The molecule has 0 aliphatic heterocycles. The number of rotatable bonds is 4. The lowest BCUT2D eigenvalue weighted by Crippen LogP contribution is -2.07. The average Bonchev–Trinajstić information content (AvgIpc) is 2.21. The molecule has 0 bridgehead atoms. The molecule has 0 amide bonds. The van der Waals surface area contributed by atoms with E-state index >= 15 is 0 Å². The van der Waals surface area contributed by atoms with E-state index in [-0.39, 0.29) is 5.97 Å². The number of hydrogen-bond acceptors (Lipinski definition) is 2. The van der Waals surface area contributed by atoms with Crippen LogP contribution in [0.5, 0.6) is 5.75 Å². The van der Waals surface area contributed by atoms with Crippen molar-refractivity contribution in [2.24, 2.45) is 0 Å². The van der Waals surface area contributed by atoms with Crippen molar-refractivity contribution in [3.8, 4) is 5.75 Å². The zero-order valence-electron chi connectivity index (χ0n) is 9.05. The summed E-state index contributed by atoms with van der Waals surface area (Å²) < 4.78 is 5.23. The van der Waals surface area contributed by atoms with Crippen molar-refractivity contribution in [1.29, 1.82) is 0 Å². The van der Waals surface area contributed by atoms with Crippen molar-refractivity contribution in [2.45, 2.75) is 32.0 Å². The fourth-order valence-electron chi connectivity index (χ4n) is 1.29. The number of carbonyl (C=O) groups excluding carboxylic acids is 1. The Kier molecular flexibility index (Phi) is 4.82. The Morgan fingerprint density at radius 2 is 2.20 bits per heavy atom. The van der Waals surface area contributed by atoms with Gasteiger partial charge in [-0.05, 0) is 30.5 Å². The van der Waals surface area contributed by atoms with Crippen LogP contribution in [0, 0.1) is 6.92 Å². The minimum Gasteiger partial charge on any atom is -0.426 e. The summed E-state index contributed by atoms with van der Waals surface area (Å²) in [5, 5.41) is 0.816. The Hall–Kier alpha value is -0.830. The first kappa shape index (κ1) is 12.2. The van der Waals surface area contributed by atoms with E-state index in [1.807, 2.05) is 32.0 Å². The number of ether oxygens (including phenoxy) is 1. The van der Waals surface area contributed by atoms with Gasteiger partial charge in [0.05, 0.1) is 0 Å². The van der Waals surface area contributed by atoms with Gasteiger partial charge in [0.2, 0.25) is 0 Å². The van der Waals surface area contributed by atoms with E-state index in [1.54, 1.807) is 0 Å². The van der Waals surface area contributed by atoms with Crippen LogP contribution in [0.3, 0.4) is 0 Å². The number of esters is 1. The minimum atomic E-state index is -0.160. The number of benzene rings is 1. The van der Waals surface area contributed by atoms with E-state index in [2.05, 4.69) is 15.9 Å². The zero-order chi connectivity index (χ0) is 11.3. The van der Waals surface area contributed by atoms with Crippen LogP contribution in [-0.2, 0) is 10.1 Å². The van der Waals surface area contributed by atoms with Crippen LogP contribution in [0.15, 0.2) is 18.2 Å². The van der Waals surface area contributed by atoms with Gasteiger partial charge < -0.3 is 4.74 Å². The molecular formula is C12H15BrO2. The minimum absolute atomic E-state index is 0.160. The molecule has 0 aliphatic carbocycles. The first-order valence-corrected chi connectivity index (χ1v) is 6.15. The Labute approximate surface area is 98.8 Å². The molecule has 0 heterocycles. The summed E-state index contributed by atoms with van der Waals surface area (Å²) in [6.45, 7) is 3.91. The summed E-state index contributed by atoms with van der Waals surface area (Å²) in [6.07, 6.45) is 1.29. The Morgan fingerprint density at radius 3 is 2.73 bits per heavy atom. The Balaban J connectivity index is 2.73. The second-order valence-electron chi connectivity index (χ2n) is 3.46. The van der Waals surface area contributed by atoms with Gasteiger partial charge >= 0.3 is 5.97 Å². The summed E-state index contributed by atoms with van der Waals surface area (Å²) in [5.41, 5.74) is 2.18. The maximum atomic E-state index is 11.3. The molecule has 15 heavy (non-hydrogen) atoms. The second kappa shape index (κ2) is 5.91. The van der Waals surface area contributed by atoms with Crippen LogP contribution in [-0.4, -0.2) is 5.97 Å². The highest BCUT2D eigenvalue weighted by molar-refractivity contribution is 9.08. The molecule has 82 valence electrons. The number of alkyl halides is 1. The van der Waals surface area contributed by atoms with Crippen LogP contribution in [0.2, 0.25) is 0 Å². The first-order chi connectivity index (χ1) is 7.17. The molecule has 3 heteroatoms. The van der Waals surface area contributed by atoms with Crippen LogP contribution in [0.4, 0.5) is 0 Å². The molecule has 0 aromatic heterocycles. The maximum absolute atomic E-state index is 11.3. The summed E-state index contributed by atoms with van der Waals surface area (Å²) in [5.74, 6) is 0.505. The zero-order valence-corrected chi connectivity index (χ0v) is 10.6. The van der Waals surface area contributed by atoms with Crippen molar-refractivity contribution in [3.63, 3.8) is 0 Å². The third-order valence-electron chi connectivity index (χ3n) is 2.07. The molecule has 0 radical (unpaired) electrons. The normalized spacial score (nSPS) is 10.1. The topological polar surface area (TPSA) is 26.3 Å². The second-order valence-corrected chi connectivity index (χ2v) is 4.02. The van der Waals surface area contributed by atoms with E-state index in [9.17, 15) is 4.79 Å². The lowest BCUT2D eigenvalue weighted by Gasteiger charge is -2.07. The highest BCUT2D eigenvalue weighted by Crippen LogP contribution is 2.20. The predicted molar refractivity (Wildman–Crippen MR) is 64.4 cm³/mol. The Bertz CT molecular complexity index is 347. The highest BCUT2D eigenvalue weighted by Gasteiger charge is 2.06. The molecule has 0 N–H and O–H groups in total. The molecule has 1 rings (SSSR count). The van der Waals surface area contributed by atoms with Gasteiger partial charge in [0.15, 0.2) is 0 Å². The summed E-state index contributed by atoms with van der Waals surface area (Å²) in [7, 11) is 0. The lowest BCUT2D eigenvalue weighted by molar-refractivity contribution is -0.134. The highest BCUT2D eigenvalue weighted by atomic mass is 79.9. The monoisotopic (exact) mass is 270 g/mol. The SMILES string of the molecule is CCCC(=O)Oc1ccc(CBr)cc1C. The third kappa shape index (κ3) is 3.67. The number of carbonyl (C=O) groups is 1. The van der Waals surface area contributed by atoms with Crippen LogP contribution in [0.25, 0.3) is 0 Å². The van der Waals surface area contributed by atoms with Crippen LogP contribution in [0.1, 0.15) is 30.9 Å². The average molecular weight is 271 g/mol. The van der Waals surface area contributed by atoms with E-state index in [0.717, 1.165) is 17.3 Å². The van der Waals surface area contributed by atoms with Crippen molar-refractivity contribution < 1.29 is 9.53 Å². The number of aryl methyl sites for hydroxylation is 1. The standard InChI is InChI=1S/C12H15BrO2/c1-3-4-12(14)15-11-6-5-10(8-13)7-9(11)2/h5-7H,3-4,8H2,1-2H3. The van der Waals surface area contributed by atoms with Gasteiger partial charge in [0.1, 0.15) is 5.75 Å². The largest absolute Gasteiger partial charge is 0.426 e. The lowest BCUT2D eigenvalue weighted by atomic mass is 10.1. The van der Waals surface area contributed by atoms with E-state index in [4.69, 9.17) is 4.74 Å². The first-order valence-electron chi connectivity index (χ1n) is 5.03. The molecule has 0 fully saturated rings. The van der Waals surface area contributed by atoms with Gasteiger partial charge in [-0.2, -0.15) is 0 Å². The van der Waals surface area contributed by atoms with E-state index in [0.29, 0.717) is 12.2 Å². The third-order valence-corrected chi connectivity index (χ3v) is 2.72. The number of hydrogen-bond donors (Lipinski definition) is 0. The molecule has 0 aliphatic rings. The van der Waals surface area contributed by atoms with Crippen LogP contribution < -0.4 is 4.74 Å².